The van der Waals surface area contributed by atoms with E-state index in [1.165, 1.54) is 44.8 Å². The SMILES string of the molecule is CCCCCCCCCC=COS(=O)(=O)c1ccc(C)cc1. The quantitative estimate of drug-likeness (QED) is 0.313. The second-order valence-electron chi connectivity index (χ2n) is 5.65. The van der Waals surface area contributed by atoms with Crippen LogP contribution in [-0.4, -0.2) is 8.42 Å². The first-order valence-corrected chi connectivity index (χ1v) is 9.62. The van der Waals surface area contributed by atoms with Crippen molar-refractivity contribution < 1.29 is 12.6 Å². The standard InChI is InChI=1S/C18H28O3S/c1-3-4-5-6-7-8-9-10-11-16-21-22(19,20)18-14-12-17(2)13-15-18/h11-16H,3-10H2,1-2H3. The van der Waals surface area contributed by atoms with E-state index in [-0.39, 0.29) is 4.90 Å². The van der Waals surface area contributed by atoms with Crippen molar-refractivity contribution in [3.8, 4) is 0 Å². The molecule has 0 fully saturated rings. The van der Waals surface area contributed by atoms with Crippen LogP contribution in [0.15, 0.2) is 41.5 Å². The number of allylic oxidation sites excluding steroid dienone is 1. The van der Waals surface area contributed by atoms with Crippen molar-refractivity contribution in [1.82, 2.24) is 0 Å². The fourth-order valence-corrected chi connectivity index (χ4v) is 2.97. The first kappa shape index (κ1) is 18.8. The van der Waals surface area contributed by atoms with Crippen LogP contribution in [0.5, 0.6) is 0 Å². The summed E-state index contributed by atoms with van der Waals surface area (Å²) in [5, 5.41) is 0. The lowest BCUT2D eigenvalue weighted by Crippen LogP contribution is -2.01. The minimum atomic E-state index is -3.67. The van der Waals surface area contributed by atoms with E-state index in [0.29, 0.717) is 0 Å². The third-order valence-electron chi connectivity index (χ3n) is 3.56. The van der Waals surface area contributed by atoms with Gasteiger partial charge < -0.3 is 4.18 Å². The molecule has 124 valence electrons. The first-order valence-electron chi connectivity index (χ1n) is 8.21. The Kier molecular flexibility index (Phi) is 8.90. The van der Waals surface area contributed by atoms with Crippen molar-refractivity contribution in [3.05, 3.63) is 42.2 Å². The maximum absolute atomic E-state index is 11.9. The van der Waals surface area contributed by atoms with Gasteiger partial charge in [0.15, 0.2) is 0 Å². The van der Waals surface area contributed by atoms with Crippen molar-refractivity contribution in [2.45, 2.75) is 70.1 Å². The van der Waals surface area contributed by atoms with Gasteiger partial charge in [-0.2, -0.15) is 8.42 Å². The van der Waals surface area contributed by atoms with Gasteiger partial charge in [0.1, 0.15) is 11.2 Å². The molecular formula is C18H28O3S. The maximum atomic E-state index is 11.9. The molecule has 0 aromatic heterocycles. The average Bonchev–Trinajstić information content (AvgIpc) is 2.49. The largest absolute Gasteiger partial charge is 0.387 e. The molecule has 0 aliphatic heterocycles. The lowest BCUT2D eigenvalue weighted by Gasteiger charge is -2.03. The molecule has 0 saturated carbocycles. The van der Waals surface area contributed by atoms with Crippen LogP contribution in [0, 0.1) is 6.92 Å². The molecule has 0 amide bonds. The van der Waals surface area contributed by atoms with Crippen LogP contribution in [0.1, 0.15) is 63.9 Å². The van der Waals surface area contributed by atoms with Crippen molar-refractivity contribution in [1.29, 1.82) is 0 Å². The highest BCUT2D eigenvalue weighted by atomic mass is 32.2. The van der Waals surface area contributed by atoms with Crippen LogP contribution in [0.2, 0.25) is 0 Å². The molecule has 3 nitrogen and oxygen atoms in total. The topological polar surface area (TPSA) is 43.4 Å². The van der Waals surface area contributed by atoms with E-state index in [1.54, 1.807) is 30.3 Å². The molecule has 1 aromatic rings. The van der Waals surface area contributed by atoms with Gasteiger partial charge in [-0.25, -0.2) is 0 Å². The molecule has 0 spiro atoms. The van der Waals surface area contributed by atoms with Gasteiger partial charge in [-0.3, -0.25) is 0 Å². The van der Waals surface area contributed by atoms with E-state index in [9.17, 15) is 8.42 Å². The number of hydrogen-bond acceptors (Lipinski definition) is 3. The van der Waals surface area contributed by atoms with Crippen LogP contribution in [0.3, 0.4) is 0 Å². The van der Waals surface area contributed by atoms with Crippen molar-refractivity contribution in [3.63, 3.8) is 0 Å². The molecule has 0 bridgehead atoms. The summed E-state index contributed by atoms with van der Waals surface area (Å²) in [5.41, 5.74) is 1.02. The van der Waals surface area contributed by atoms with Gasteiger partial charge in [-0.1, -0.05) is 63.1 Å². The lowest BCUT2D eigenvalue weighted by molar-refractivity contribution is 0.441. The molecular weight excluding hydrogens is 296 g/mol. The van der Waals surface area contributed by atoms with Crippen molar-refractivity contribution >= 4 is 10.1 Å². The normalized spacial score (nSPS) is 11.9. The average molecular weight is 324 g/mol. The highest BCUT2D eigenvalue weighted by Gasteiger charge is 2.12. The van der Waals surface area contributed by atoms with Gasteiger partial charge in [0, 0.05) is 0 Å². The zero-order chi connectivity index (χ0) is 16.3. The number of rotatable bonds is 11. The number of aryl methyl sites for hydroxylation is 1. The van der Waals surface area contributed by atoms with Gasteiger partial charge >= 0.3 is 10.1 Å². The minimum absolute atomic E-state index is 0.193. The van der Waals surface area contributed by atoms with E-state index in [0.717, 1.165) is 18.4 Å². The molecule has 1 aromatic carbocycles. The Labute approximate surface area is 135 Å². The third kappa shape index (κ3) is 7.64. The summed E-state index contributed by atoms with van der Waals surface area (Å²) >= 11 is 0. The predicted molar refractivity (Wildman–Crippen MR) is 91.2 cm³/mol. The van der Waals surface area contributed by atoms with E-state index < -0.39 is 10.1 Å². The van der Waals surface area contributed by atoms with E-state index in [4.69, 9.17) is 4.18 Å². The first-order chi connectivity index (χ1) is 10.6. The zero-order valence-electron chi connectivity index (χ0n) is 13.8. The number of unbranched alkanes of at least 4 members (excludes halogenated alkanes) is 7. The van der Waals surface area contributed by atoms with Gasteiger partial charge in [0.25, 0.3) is 0 Å². The van der Waals surface area contributed by atoms with Crippen LogP contribution in [0.25, 0.3) is 0 Å². The lowest BCUT2D eigenvalue weighted by atomic mass is 10.1. The van der Waals surface area contributed by atoms with Gasteiger partial charge in [-0.15, -0.1) is 0 Å². The number of hydrogen-bond donors (Lipinski definition) is 0. The maximum Gasteiger partial charge on any atom is 0.338 e. The third-order valence-corrected chi connectivity index (χ3v) is 4.78. The van der Waals surface area contributed by atoms with Crippen LogP contribution >= 0.6 is 0 Å². The van der Waals surface area contributed by atoms with Crippen LogP contribution in [-0.2, 0) is 14.3 Å². The summed E-state index contributed by atoms with van der Waals surface area (Å²) in [6, 6.07) is 6.65. The van der Waals surface area contributed by atoms with Crippen LogP contribution < -0.4 is 0 Å². The van der Waals surface area contributed by atoms with Gasteiger partial charge in [0.2, 0.25) is 0 Å². The predicted octanol–water partition coefficient (Wildman–Crippen LogP) is 5.35. The Morgan fingerprint density at radius 1 is 0.955 bits per heavy atom. The van der Waals surface area contributed by atoms with Crippen LogP contribution in [0.4, 0.5) is 0 Å². The summed E-state index contributed by atoms with van der Waals surface area (Å²) in [4.78, 5) is 0.193. The highest BCUT2D eigenvalue weighted by molar-refractivity contribution is 7.86. The summed E-state index contributed by atoms with van der Waals surface area (Å²) < 4.78 is 28.7. The molecule has 0 saturated heterocycles. The summed E-state index contributed by atoms with van der Waals surface area (Å²) in [7, 11) is -3.67. The van der Waals surface area contributed by atoms with Gasteiger partial charge in [-0.05, 0) is 38.0 Å². The second kappa shape index (κ2) is 10.4. The molecule has 0 radical (unpaired) electrons. The Morgan fingerprint density at radius 2 is 1.55 bits per heavy atom. The van der Waals surface area contributed by atoms with Gasteiger partial charge in [0.05, 0.1) is 0 Å². The molecule has 22 heavy (non-hydrogen) atoms. The Hall–Kier alpha value is -1.29. The zero-order valence-corrected chi connectivity index (χ0v) is 14.6. The molecule has 1 rings (SSSR count). The van der Waals surface area contributed by atoms with Crippen molar-refractivity contribution in [2.75, 3.05) is 0 Å². The fourth-order valence-electron chi connectivity index (χ4n) is 2.16. The molecule has 0 atom stereocenters. The van der Waals surface area contributed by atoms with E-state index in [1.807, 2.05) is 6.92 Å². The van der Waals surface area contributed by atoms with Crippen molar-refractivity contribution in [2.24, 2.45) is 0 Å². The Balaban J connectivity index is 2.20. The summed E-state index contributed by atoms with van der Waals surface area (Å²) in [6.07, 6.45) is 12.7. The highest BCUT2D eigenvalue weighted by Crippen LogP contribution is 2.14. The number of benzene rings is 1. The Morgan fingerprint density at radius 3 is 2.18 bits per heavy atom. The minimum Gasteiger partial charge on any atom is -0.387 e. The molecule has 0 N–H and O–H groups in total. The molecule has 0 aliphatic carbocycles. The second-order valence-corrected chi connectivity index (χ2v) is 7.22. The monoisotopic (exact) mass is 324 g/mol. The molecule has 0 unspecified atom stereocenters. The molecule has 4 heteroatoms. The smallest absolute Gasteiger partial charge is 0.338 e. The molecule has 0 heterocycles. The molecule has 0 aliphatic rings. The summed E-state index contributed by atoms with van der Waals surface area (Å²) in [5.74, 6) is 0. The van der Waals surface area contributed by atoms with E-state index in [2.05, 4.69) is 6.92 Å². The Bertz CT molecular complexity index is 530. The summed E-state index contributed by atoms with van der Waals surface area (Å²) in [6.45, 7) is 4.13. The van der Waals surface area contributed by atoms with E-state index >= 15 is 0 Å². The fraction of sp³-hybridized carbons (Fsp3) is 0.556.